The predicted molar refractivity (Wildman–Crippen MR) is 340 cm³/mol. The quantitative estimate of drug-likeness (QED) is 0.0228. The van der Waals surface area contributed by atoms with Crippen LogP contribution in [-0.2, 0) is 42.9 Å². The molecular formula is C71H126O12. The zero-order valence-corrected chi connectivity index (χ0v) is 53.5. The van der Waals surface area contributed by atoms with Crippen molar-refractivity contribution in [3.05, 3.63) is 48.6 Å². The highest BCUT2D eigenvalue weighted by molar-refractivity contribution is 5.74. The van der Waals surface area contributed by atoms with Crippen LogP contribution in [0.4, 0.5) is 0 Å². The summed E-state index contributed by atoms with van der Waals surface area (Å²) in [6.07, 6.45) is 60.6. The van der Waals surface area contributed by atoms with Gasteiger partial charge in [-0.25, -0.2) is 4.79 Å². The van der Waals surface area contributed by atoms with Gasteiger partial charge in [-0.2, -0.15) is 0 Å². The van der Waals surface area contributed by atoms with Crippen molar-refractivity contribution in [3.63, 3.8) is 0 Å². The molecule has 0 radical (unpaired) electrons. The number of aliphatic carboxylic acids is 1. The molecule has 0 aliphatic carbocycles. The molecule has 83 heavy (non-hydrogen) atoms. The highest BCUT2D eigenvalue weighted by Gasteiger charge is 2.50. The number of carbonyl (C=O) groups is 4. The van der Waals surface area contributed by atoms with Gasteiger partial charge in [0.1, 0.15) is 18.8 Å². The van der Waals surface area contributed by atoms with E-state index in [1.165, 1.54) is 167 Å². The molecule has 1 fully saturated rings. The van der Waals surface area contributed by atoms with Gasteiger partial charge in [-0.3, -0.25) is 14.4 Å². The Morgan fingerprint density at radius 3 is 1.13 bits per heavy atom. The van der Waals surface area contributed by atoms with Crippen LogP contribution in [0.5, 0.6) is 0 Å². The van der Waals surface area contributed by atoms with Crippen molar-refractivity contribution < 1.29 is 58.2 Å². The molecular weight excluding hydrogens is 1040 g/mol. The molecule has 1 aliphatic heterocycles. The first-order chi connectivity index (χ1) is 40.6. The smallest absolute Gasteiger partial charge is 0.335 e. The predicted octanol–water partition coefficient (Wildman–Crippen LogP) is 18.9. The van der Waals surface area contributed by atoms with Gasteiger partial charge in [0.2, 0.25) is 0 Å². The van der Waals surface area contributed by atoms with Gasteiger partial charge >= 0.3 is 23.9 Å². The van der Waals surface area contributed by atoms with Crippen LogP contribution in [0.25, 0.3) is 0 Å². The fourth-order valence-electron chi connectivity index (χ4n) is 10.5. The number of carboxylic acids is 1. The van der Waals surface area contributed by atoms with E-state index < -0.39 is 67.3 Å². The third kappa shape index (κ3) is 48.5. The number of ether oxygens (including phenoxy) is 5. The minimum Gasteiger partial charge on any atom is -0.479 e. The summed E-state index contributed by atoms with van der Waals surface area (Å²) >= 11 is 0. The molecule has 6 atom stereocenters. The summed E-state index contributed by atoms with van der Waals surface area (Å²) in [4.78, 5) is 51.4. The first-order valence-electron chi connectivity index (χ1n) is 34.6. The van der Waals surface area contributed by atoms with Gasteiger partial charge in [-0.05, 0) is 83.5 Å². The van der Waals surface area contributed by atoms with Gasteiger partial charge in [-0.15, -0.1) is 0 Å². The summed E-state index contributed by atoms with van der Waals surface area (Å²) in [5.74, 6) is -3.11. The van der Waals surface area contributed by atoms with E-state index in [2.05, 4.69) is 69.4 Å². The fourth-order valence-corrected chi connectivity index (χ4v) is 10.5. The first-order valence-corrected chi connectivity index (χ1v) is 34.6. The van der Waals surface area contributed by atoms with E-state index in [0.29, 0.717) is 19.3 Å². The molecule has 0 aromatic rings. The second-order valence-electron chi connectivity index (χ2n) is 23.8. The number of esters is 3. The molecule has 3 N–H and O–H groups in total. The molecule has 1 aliphatic rings. The van der Waals surface area contributed by atoms with Gasteiger partial charge in [-0.1, -0.05) is 275 Å². The van der Waals surface area contributed by atoms with Crippen LogP contribution in [0, 0.1) is 0 Å². The molecule has 0 spiro atoms. The number of hydrogen-bond donors (Lipinski definition) is 3. The molecule has 0 saturated carbocycles. The SMILES string of the molecule is CCCCC/C=C\C/C=C\C/C=C\CCCCCCCCC(=O)OCC(COC1OC(C(=O)O)C(O)C(O)C1OC(=O)CCCCCCCCCCCCCCCCCCC)OC(=O)CCCCCCCCC/C=C\CCCCCCCC. The van der Waals surface area contributed by atoms with E-state index in [0.717, 1.165) is 103 Å². The van der Waals surface area contributed by atoms with Gasteiger partial charge in [0, 0.05) is 19.3 Å². The number of hydrogen-bond acceptors (Lipinski definition) is 11. The highest BCUT2D eigenvalue weighted by atomic mass is 16.7. The fraction of sp³-hybridized carbons (Fsp3) is 0.831. The Labute approximate surface area is 507 Å². The third-order valence-corrected chi connectivity index (χ3v) is 15.9. The molecule has 482 valence electrons. The molecule has 0 bridgehead atoms. The molecule has 1 rings (SSSR count). The van der Waals surface area contributed by atoms with E-state index in [4.69, 9.17) is 23.7 Å². The summed E-state index contributed by atoms with van der Waals surface area (Å²) in [5.41, 5.74) is 0. The highest BCUT2D eigenvalue weighted by Crippen LogP contribution is 2.27. The van der Waals surface area contributed by atoms with Crippen molar-refractivity contribution in [2.45, 2.75) is 366 Å². The Kier molecular flexibility index (Phi) is 55.3. The Bertz CT molecular complexity index is 1630. The molecule has 0 aromatic carbocycles. The van der Waals surface area contributed by atoms with Gasteiger partial charge < -0.3 is 39.0 Å². The van der Waals surface area contributed by atoms with Crippen LogP contribution in [0.2, 0.25) is 0 Å². The maximum absolute atomic E-state index is 13.2. The molecule has 0 aromatic heterocycles. The minimum atomic E-state index is -1.90. The number of carboxylic acid groups (broad SMARTS) is 1. The average Bonchev–Trinajstić information content (AvgIpc) is 3.59. The maximum atomic E-state index is 13.2. The van der Waals surface area contributed by atoms with Crippen LogP contribution in [0.15, 0.2) is 48.6 Å². The van der Waals surface area contributed by atoms with Crippen LogP contribution in [0.3, 0.4) is 0 Å². The Morgan fingerprint density at radius 1 is 0.398 bits per heavy atom. The van der Waals surface area contributed by atoms with E-state index in [-0.39, 0.29) is 25.9 Å². The summed E-state index contributed by atoms with van der Waals surface area (Å²) in [6.45, 7) is 6.01. The summed E-state index contributed by atoms with van der Waals surface area (Å²) in [7, 11) is 0. The Morgan fingerprint density at radius 2 is 0.723 bits per heavy atom. The van der Waals surface area contributed by atoms with Crippen molar-refractivity contribution >= 4 is 23.9 Å². The monoisotopic (exact) mass is 1170 g/mol. The lowest BCUT2D eigenvalue weighted by molar-refractivity contribution is -0.301. The number of aliphatic hydroxyl groups excluding tert-OH is 2. The Hall–Kier alpha value is -3.32. The van der Waals surface area contributed by atoms with Crippen LogP contribution in [-0.4, -0.2) is 89.2 Å². The molecule has 1 saturated heterocycles. The number of aliphatic hydroxyl groups is 2. The van der Waals surface area contributed by atoms with E-state index in [1.807, 2.05) is 0 Å². The van der Waals surface area contributed by atoms with E-state index in [9.17, 15) is 34.5 Å². The lowest BCUT2D eigenvalue weighted by Gasteiger charge is -2.40. The molecule has 0 amide bonds. The molecule has 6 unspecified atom stereocenters. The van der Waals surface area contributed by atoms with Crippen LogP contribution < -0.4 is 0 Å². The van der Waals surface area contributed by atoms with Crippen molar-refractivity contribution in [2.75, 3.05) is 13.2 Å². The number of rotatable bonds is 60. The lowest BCUT2D eigenvalue weighted by atomic mass is 9.98. The second-order valence-corrected chi connectivity index (χ2v) is 23.8. The number of carbonyl (C=O) groups excluding carboxylic acids is 3. The Balaban J connectivity index is 2.64. The van der Waals surface area contributed by atoms with Crippen LogP contribution >= 0.6 is 0 Å². The second kappa shape index (κ2) is 59.0. The lowest BCUT2D eigenvalue weighted by Crippen LogP contribution is -2.61. The summed E-state index contributed by atoms with van der Waals surface area (Å²) < 4.78 is 28.6. The van der Waals surface area contributed by atoms with Crippen molar-refractivity contribution in [1.29, 1.82) is 0 Å². The van der Waals surface area contributed by atoms with E-state index >= 15 is 0 Å². The molecule has 12 heteroatoms. The number of unbranched alkanes of at least 4 members (excludes halogenated alkanes) is 38. The minimum absolute atomic E-state index is 0.0635. The zero-order chi connectivity index (χ0) is 60.3. The first kappa shape index (κ1) is 77.7. The summed E-state index contributed by atoms with van der Waals surface area (Å²) in [5, 5.41) is 31.6. The summed E-state index contributed by atoms with van der Waals surface area (Å²) in [6, 6.07) is 0. The average molecular weight is 1170 g/mol. The van der Waals surface area contributed by atoms with Crippen molar-refractivity contribution in [1.82, 2.24) is 0 Å². The van der Waals surface area contributed by atoms with Gasteiger partial charge in [0.05, 0.1) is 6.61 Å². The van der Waals surface area contributed by atoms with Gasteiger partial charge in [0.25, 0.3) is 0 Å². The van der Waals surface area contributed by atoms with Crippen molar-refractivity contribution in [3.8, 4) is 0 Å². The topological polar surface area (TPSA) is 175 Å². The largest absolute Gasteiger partial charge is 0.479 e. The van der Waals surface area contributed by atoms with Gasteiger partial charge in [0.15, 0.2) is 24.6 Å². The maximum Gasteiger partial charge on any atom is 0.335 e. The normalized spacial score (nSPS) is 17.8. The standard InChI is InChI=1S/C71H126O12/c1-4-7-10-13-16-19-22-25-28-31-32-35-36-39-42-45-48-51-54-57-63(72)79-60-62(81-64(73)58-55-52-49-46-43-40-37-33-29-26-23-20-17-14-11-8-5-2)61-80-71-69(67(76)66(75)68(83-71)70(77)78)82-65(74)59-56-53-50-47-44-41-38-34-30-27-24-21-18-15-12-9-6-3/h16,19,25-26,28-29,32,35,62,66-69,71,75-76H,4-15,17-18,20-24,27,30-31,33-34,36-61H2,1-3H3,(H,77,78)/b19-16-,28-25-,29-26-,35-32-. The molecule has 12 nitrogen and oxygen atoms in total. The van der Waals surface area contributed by atoms with Crippen LogP contribution in [0.1, 0.15) is 329 Å². The van der Waals surface area contributed by atoms with E-state index in [1.54, 1.807) is 0 Å². The zero-order valence-electron chi connectivity index (χ0n) is 53.5. The third-order valence-electron chi connectivity index (χ3n) is 15.9. The molecule has 1 heterocycles. The van der Waals surface area contributed by atoms with Crippen molar-refractivity contribution in [2.24, 2.45) is 0 Å². The number of allylic oxidation sites excluding steroid dienone is 8.